The summed E-state index contributed by atoms with van der Waals surface area (Å²) in [5.41, 5.74) is 0.594. The molecular formula is C61H119N5O8. The molecular weight excluding hydrogens is 931 g/mol. The Morgan fingerprint density at radius 2 is 0.797 bits per heavy atom. The van der Waals surface area contributed by atoms with Crippen molar-refractivity contribution in [1.29, 1.82) is 0 Å². The van der Waals surface area contributed by atoms with Gasteiger partial charge >= 0.3 is 12.1 Å². The molecule has 13 heteroatoms. The minimum atomic E-state index is -1.20. The van der Waals surface area contributed by atoms with Gasteiger partial charge in [0, 0.05) is 64.1 Å². The highest BCUT2D eigenvalue weighted by Gasteiger charge is 2.32. The average molecular weight is 1050 g/mol. The molecule has 1 amide bonds. The van der Waals surface area contributed by atoms with E-state index in [0.29, 0.717) is 83.5 Å². The highest BCUT2D eigenvalue weighted by atomic mass is 16.6. The summed E-state index contributed by atoms with van der Waals surface area (Å²) in [4.78, 5) is 39.6. The summed E-state index contributed by atoms with van der Waals surface area (Å²) >= 11 is 0. The van der Waals surface area contributed by atoms with Gasteiger partial charge < -0.3 is 35.3 Å². The van der Waals surface area contributed by atoms with Gasteiger partial charge in [0.25, 0.3) is 0 Å². The second-order valence-electron chi connectivity index (χ2n) is 22.3. The lowest BCUT2D eigenvalue weighted by Gasteiger charge is -2.31. The number of unbranched alkanes of at least 4 members (excludes halogenated alkanes) is 28. The van der Waals surface area contributed by atoms with Gasteiger partial charge in [0.1, 0.15) is 6.04 Å². The van der Waals surface area contributed by atoms with Crippen molar-refractivity contribution >= 4 is 12.1 Å². The second kappa shape index (κ2) is 50.2. The Labute approximate surface area is 454 Å². The zero-order valence-corrected chi connectivity index (χ0v) is 48.5. The molecule has 13 nitrogen and oxygen atoms in total. The first kappa shape index (κ1) is 69.7. The van der Waals surface area contributed by atoms with Crippen LogP contribution in [0.1, 0.15) is 277 Å². The van der Waals surface area contributed by atoms with Crippen LogP contribution in [0.15, 0.2) is 12.5 Å². The lowest BCUT2D eigenvalue weighted by molar-refractivity contribution is -0.142. The highest BCUT2D eigenvalue weighted by Crippen LogP contribution is 2.18. The molecule has 6 N–H and O–H groups in total. The Morgan fingerprint density at radius 3 is 1.11 bits per heavy atom. The number of carbonyl (C=O) groups excluding carboxylic acids is 1. The van der Waals surface area contributed by atoms with Crippen LogP contribution in [0, 0.1) is 0 Å². The molecule has 436 valence electrons. The van der Waals surface area contributed by atoms with Crippen LogP contribution >= 0.6 is 0 Å². The molecule has 1 aromatic rings. The number of rotatable bonds is 56. The van der Waals surface area contributed by atoms with E-state index in [1.54, 1.807) is 6.20 Å². The topological polar surface area (TPSA) is 183 Å². The molecule has 5 atom stereocenters. The monoisotopic (exact) mass is 1050 g/mol. The number of nitrogens with one attached hydrogen (secondary N) is 1. The number of imidazole rings is 1. The number of carboxylic acids is 1. The van der Waals surface area contributed by atoms with Crippen LogP contribution in [0.4, 0.5) is 4.79 Å². The molecule has 0 saturated carbocycles. The van der Waals surface area contributed by atoms with Crippen LogP contribution in [0.5, 0.6) is 0 Å². The van der Waals surface area contributed by atoms with Crippen molar-refractivity contribution in [1.82, 2.24) is 24.7 Å². The molecule has 0 bridgehead atoms. The van der Waals surface area contributed by atoms with Crippen molar-refractivity contribution in [3.8, 4) is 0 Å². The van der Waals surface area contributed by atoms with Gasteiger partial charge in [-0.3, -0.25) is 14.7 Å². The van der Waals surface area contributed by atoms with Crippen molar-refractivity contribution in [2.24, 2.45) is 0 Å². The Morgan fingerprint density at radius 1 is 0.473 bits per heavy atom. The second-order valence-corrected chi connectivity index (χ2v) is 22.3. The molecule has 1 rings (SSSR count). The number of carbonyl (C=O) groups is 2. The molecule has 0 saturated heterocycles. The third-order valence-electron chi connectivity index (χ3n) is 15.0. The number of amides is 1. The number of aliphatic hydroxyl groups is 4. The number of hydrogen-bond donors (Lipinski definition) is 6. The fraction of sp³-hybridized carbons (Fsp3) is 0.918. The number of carboxylic acid groups (broad SMARTS) is 1. The maximum Gasteiger partial charge on any atom is 0.410 e. The predicted molar refractivity (Wildman–Crippen MR) is 307 cm³/mol. The third-order valence-corrected chi connectivity index (χ3v) is 15.0. The number of aromatic amines is 1. The first-order chi connectivity index (χ1) is 36.0. The minimum Gasteiger partial charge on any atom is -0.480 e. The molecule has 0 aliphatic rings. The van der Waals surface area contributed by atoms with E-state index in [9.17, 15) is 35.1 Å². The van der Waals surface area contributed by atoms with Crippen LogP contribution in [-0.2, 0) is 16.0 Å². The summed E-state index contributed by atoms with van der Waals surface area (Å²) in [7, 11) is 0. The highest BCUT2D eigenvalue weighted by molar-refractivity contribution is 5.80. The molecule has 0 fully saturated rings. The van der Waals surface area contributed by atoms with Crippen LogP contribution in [-0.4, -0.2) is 145 Å². The SMILES string of the molecule is CCCCCCCCCCC(O)CN(CCCOC(=O)N(CCCN(CC(O)CCCCCCCCCC)CC(O)CCCCCCCCCC)[C@@H](Cc1cnc[nH]1)C(=O)O)CC(O)CCCCCCCCCC. The average Bonchev–Trinajstić information content (AvgIpc) is 3.90. The van der Waals surface area contributed by atoms with E-state index in [1.165, 1.54) is 165 Å². The molecule has 1 aromatic heterocycles. The fourth-order valence-corrected chi connectivity index (χ4v) is 10.4. The lowest BCUT2D eigenvalue weighted by Crippen LogP contribution is -2.48. The summed E-state index contributed by atoms with van der Waals surface area (Å²) in [5, 5.41) is 55.4. The van der Waals surface area contributed by atoms with Crippen LogP contribution in [0.3, 0.4) is 0 Å². The molecule has 0 aliphatic heterocycles. The summed E-state index contributed by atoms with van der Waals surface area (Å²) in [5.74, 6) is -1.14. The third kappa shape index (κ3) is 40.9. The number of H-pyrrole nitrogens is 1. The standard InChI is InChI=1S/C61H119N5O8/c1-5-9-13-17-21-25-29-33-39-55(67)49-64(50-56(68)40-34-30-26-22-18-14-10-6-2)43-37-45-66(59(60(71)72)47-54-48-62-53-63-54)61(73)74-46-38-44-65(51-57(69)41-35-31-27-23-19-15-11-7-3)52-58(70)42-36-32-28-24-20-16-12-8-4/h48,53,55-59,67-70H,5-47,49-52H2,1-4H3,(H,62,63)(H,71,72)/t55?,56?,57?,58?,59-/m0/s1. The summed E-state index contributed by atoms with van der Waals surface area (Å²) in [6.07, 6.45) is 42.3. The number of nitrogens with zero attached hydrogens (tertiary/aromatic N) is 4. The maximum atomic E-state index is 14.1. The summed E-state index contributed by atoms with van der Waals surface area (Å²) in [6, 6.07) is -1.20. The zero-order chi connectivity index (χ0) is 54.1. The molecule has 4 unspecified atom stereocenters. The van der Waals surface area contributed by atoms with E-state index >= 15 is 0 Å². The first-order valence-electron chi connectivity index (χ1n) is 31.3. The van der Waals surface area contributed by atoms with Gasteiger partial charge in [0.2, 0.25) is 0 Å². The zero-order valence-electron chi connectivity index (χ0n) is 48.5. The summed E-state index contributed by atoms with van der Waals surface area (Å²) in [6.45, 7) is 11.8. The van der Waals surface area contributed by atoms with Gasteiger partial charge in [-0.15, -0.1) is 0 Å². The Hall–Kier alpha value is -2.29. The van der Waals surface area contributed by atoms with E-state index in [4.69, 9.17) is 4.74 Å². The van der Waals surface area contributed by atoms with Crippen molar-refractivity contribution in [3.05, 3.63) is 18.2 Å². The van der Waals surface area contributed by atoms with Crippen molar-refractivity contribution in [3.63, 3.8) is 0 Å². The largest absolute Gasteiger partial charge is 0.480 e. The Bertz CT molecular complexity index is 1300. The molecule has 0 spiro atoms. The van der Waals surface area contributed by atoms with E-state index in [2.05, 4.69) is 47.5 Å². The quantitative estimate of drug-likeness (QED) is 0.0342. The fourth-order valence-electron chi connectivity index (χ4n) is 10.4. The number of aliphatic hydroxyl groups excluding tert-OH is 4. The Balaban J connectivity index is 3.02. The number of hydrogen-bond acceptors (Lipinski definition) is 10. The van der Waals surface area contributed by atoms with E-state index in [1.807, 2.05) is 0 Å². The van der Waals surface area contributed by atoms with Crippen LogP contribution < -0.4 is 0 Å². The summed E-state index contributed by atoms with van der Waals surface area (Å²) < 4.78 is 5.89. The van der Waals surface area contributed by atoms with Crippen molar-refractivity contribution < 1.29 is 39.9 Å². The molecule has 1 heterocycles. The van der Waals surface area contributed by atoms with Gasteiger partial charge in [-0.25, -0.2) is 14.6 Å². The first-order valence-corrected chi connectivity index (χ1v) is 31.3. The normalized spacial score (nSPS) is 13.9. The number of ether oxygens (including phenoxy) is 1. The molecule has 0 radical (unpaired) electrons. The molecule has 0 aliphatic carbocycles. The van der Waals surface area contributed by atoms with E-state index < -0.39 is 42.5 Å². The van der Waals surface area contributed by atoms with E-state index in [0.717, 1.165) is 51.4 Å². The van der Waals surface area contributed by atoms with Crippen LogP contribution in [0.2, 0.25) is 0 Å². The number of aliphatic carboxylic acids is 1. The maximum absolute atomic E-state index is 14.1. The van der Waals surface area contributed by atoms with Crippen molar-refractivity contribution in [2.75, 3.05) is 52.4 Å². The number of aromatic nitrogens is 2. The minimum absolute atomic E-state index is 0.0318. The predicted octanol–water partition coefficient (Wildman–Crippen LogP) is 13.8. The van der Waals surface area contributed by atoms with Gasteiger partial charge in [0.05, 0.1) is 37.4 Å². The lowest BCUT2D eigenvalue weighted by atomic mass is 10.0. The van der Waals surface area contributed by atoms with Gasteiger partial charge in [-0.2, -0.15) is 0 Å². The molecule has 74 heavy (non-hydrogen) atoms. The van der Waals surface area contributed by atoms with Crippen LogP contribution in [0.25, 0.3) is 0 Å². The molecule has 0 aromatic carbocycles. The Kier molecular flexibility index (Phi) is 47.3. The van der Waals surface area contributed by atoms with Crippen molar-refractivity contribution in [2.45, 2.75) is 309 Å². The van der Waals surface area contributed by atoms with Gasteiger partial charge in [-0.1, -0.05) is 233 Å². The smallest absolute Gasteiger partial charge is 0.410 e. The van der Waals surface area contributed by atoms with E-state index in [-0.39, 0.29) is 19.6 Å². The van der Waals surface area contributed by atoms with Gasteiger partial charge in [0.15, 0.2) is 0 Å². The van der Waals surface area contributed by atoms with Gasteiger partial charge in [-0.05, 0) is 38.5 Å².